The summed E-state index contributed by atoms with van der Waals surface area (Å²) in [5.41, 5.74) is 3.42. The van der Waals surface area contributed by atoms with Gasteiger partial charge in [-0.3, -0.25) is 10.0 Å². The van der Waals surface area contributed by atoms with Gasteiger partial charge in [-0.15, -0.1) is 0 Å². The number of hydrogen-bond donors (Lipinski definition) is 4. The molecule has 0 aromatic heterocycles. The van der Waals surface area contributed by atoms with E-state index in [0.717, 1.165) is 5.57 Å². The number of hydroxylamine groups is 1. The van der Waals surface area contributed by atoms with Gasteiger partial charge in [0.25, 0.3) is 5.91 Å². The van der Waals surface area contributed by atoms with E-state index in [-0.39, 0.29) is 0 Å². The summed E-state index contributed by atoms with van der Waals surface area (Å²) in [4.78, 5) is 23.6. The largest absolute Gasteiger partial charge is 0.289 e. The second kappa shape index (κ2) is 10.7. The van der Waals surface area contributed by atoms with E-state index in [2.05, 4.69) is 34.7 Å². The molecular weight excluding hydrogens is 421 g/mol. The molecule has 0 radical (unpaired) electrons. The van der Waals surface area contributed by atoms with E-state index in [0.29, 0.717) is 11.1 Å². The van der Waals surface area contributed by atoms with Gasteiger partial charge in [0.05, 0.1) is 6.10 Å². The Balaban J connectivity index is 2.02. The van der Waals surface area contributed by atoms with E-state index in [1.54, 1.807) is 24.3 Å². The Hall–Kier alpha value is -2.35. The summed E-state index contributed by atoms with van der Waals surface area (Å²) in [5, 5.41) is 20.6. The van der Waals surface area contributed by atoms with Crippen LogP contribution < -0.4 is 10.8 Å². The number of amides is 2. The standard InChI is InChI=1S/C20H17N2O4.Y/c1-4-7-14(2)8-5-6-9-16-10-12-17(13-11-16)19(24)21-18(15(3)23)20(25)22-26;/h1-2,4,7,10-13,15,18,23,26H,3H3,(H,21,24)(H,22,25);/t15-,18+;/m1./s1. The van der Waals surface area contributed by atoms with Crippen molar-refractivity contribution in [1.82, 2.24) is 10.8 Å². The summed E-state index contributed by atoms with van der Waals surface area (Å²) in [6.07, 6.45) is 2.84. The normalized spacial score (nSPS) is 13.5. The maximum atomic E-state index is 12.2. The predicted molar refractivity (Wildman–Crippen MR) is 97.2 cm³/mol. The van der Waals surface area contributed by atoms with Crippen LogP contribution in [0.15, 0.2) is 44.9 Å². The van der Waals surface area contributed by atoms with Gasteiger partial charge in [0.2, 0.25) is 0 Å². The molecule has 6 nitrogen and oxygen atoms in total. The first-order valence-electron chi connectivity index (χ1n) is 8.11. The van der Waals surface area contributed by atoms with Crippen LogP contribution in [-0.2, 0) is 33.5 Å². The van der Waals surface area contributed by atoms with Crippen molar-refractivity contribution >= 4 is 14.6 Å². The molecule has 1 aliphatic heterocycles. The van der Waals surface area contributed by atoms with E-state index in [4.69, 9.17) is 5.21 Å². The number of benzene rings is 1. The van der Waals surface area contributed by atoms with Gasteiger partial charge in [0, 0.05) is 0 Å². The van der Waals surface area contributed by atoms with Gasteiger partial charge in [-0.2, -0.15) is 0 Å². The number of aliphatic hydroxyl groups is 1. The molecule has 0 saturated heterocycles. The first-order valence-corrected chi connectivity index (χ1v) is 11.4. The minimum absolute atomic E-state index is 0.295. The molecule has 0 saturated carbocycles. The second-order valence-electron chi connectivity index (χ2n) is 5.61. The smallest absolute Gasteiger partial charge is 0.268 e. The fourth-order valence-corrected chi connectivity index (χ4v) is 3.98. The summed E-state index contributed by atoms with van der Waals surface area (Å²) in [6, 6.07) is 5.17. The molecule has 2 rings (SSSR count). The van der Waals surface area contributed by atoms with Gasteiger partial charge in [-0.25, -0.2) is 5.48 Å². The van der Waals surface area contributed by atoms with Crippen LogP contribution in [0.25, 0.3) is 0 Å². The van der Waals surface area contributed by atoms with Crippen LogP contribution >= 0.6 is 0 Å². The van der Waals surface area contributed by atoms with E-state index >= 15 is 0 Å². The molecule has 0 spiro atoms. The third-order valence-electron chi connectivity index (χ3n) is 3.56. The molecule has 2 atom stereocenters. The van der Waals surface area contributed by atoms with E-state index in [1.165, 1.54) is 12.4 Å². The molecule has 0 aliphatic carbocycles. The van der Waals surface area contributed by atoms with Crippen LogP contribution in [0.3, 0.4) is 0 Å². The summed E-state index contributed by atoms with van der Waals surface area (Å²) >= 11 is -0.694. The van der Waals surface area contributed by atoms with Crippen molar-refractivity contribution in [3.63, 3.8) is 0 Å². The number of nitrogens with one attached hydrogen (secondary N) is 2. The average molecular weight is 438 g/mol. The van der Waals surface area contributed by atoms with Gasteiger partial charge in [0.15, 0.2) is 0 Å². The Morgan fingerprint density at radius 3 is 2.44 bits per heavy atom. The summed E-state index contributed by atoms with van der Waals surface area (Å²) in [7, 11) is 0. The van der Waals surface area contributed by atoms with Crippen molar-refractivity contribution in [2.75, 3.05) is 0 Å². The number of allylic oxidation sites excluding steroid dienone is 3. The number of aliphatic hydroxyl groups excluding tert-OH is 1. The molecule has 1 aromatic carbocycles. The zero-order valence-corrected chi connectivity index (χ0v) is 17.4. The van der Waals surface area contributed by atoms with Gasteiger partial charge >= 0.3 is 127 Å². The van der Waals surface area contributed by atoms with Gasteiger partial charge in [0.1, 0.15) is 6.04 Å². The van der Waals surface area contributed by atoms with Gasteiger partial charge in [-0.05, 0) is 6.92 Å². The van der Waals surface area contributed by atoms with Crippen molar-refractivity contribution < 1.29 is 48.6 Å². The second-order valence-corrected chi connectivity index (χ2v) is 8.32. The maximum absolute atomic E-state index is 12.2. The molecule has 7 heteroatoms. The van der Waals surface area contributed by atoms with Crippen LogP contribution in [0.4, 0.5) is 0 Å². The fraction of sp³-hybridized carbons (Fsp3) is 0.150. The average Bonchev–Trinajstić information content (AvgIpc) is 2.69. The molecule has 1 aliphatic rings. The molecule has 0 unspecified atom stereocenters. The third kappa shape index (κ3) is 6.71. The van der Waals surface area contributed by atoms with Crippen LogP contribution in [0.1, 0.15) is 22.8 Å². The first kappa shape index (κ1) is 21.0. The number of carbonyl (C=O) groups is 2. The molecule has 27 heavy (non-hydrogen) atoms. The Labute approximate surface area is 172 Å². The fourth-order valence-electron chi connectivity index (χ4n) is 2.13. The minimum Gasteiger partial charge on any atom is -0.289 e. The zero-order valence-electron chi connectivity index (χ0n) is 14.6. The summed E-state index contributed by atoms with van der Waals surface area (Å²) in [5.74, 6) is 10.0. The number of rotatable bonds is 4. The first-order chi connectivity index (χ1) is 13.0. The molecule has 0 fully saturated rings. The number of hydrogen-bond acceptors (Lipinski definition) is 4. The molecule has 4 N–H and O–H groups in total. The maximum Gasteiger partial charge on any atom is 0.268 e. The minimum atomic E-state index is -1.26. The third-order valence-corrected chi connectivity index (χ3v) is 6.01. The molecule has 2 amide bonds. The van der Waals surface area contributed by atoms with Crippen molar-refractivity contribution in [1.29, 1.82) is 0 Å². The van der Waals surface area contributed by atoms with Gasteiger partial charge in [-0.1, -0.05) is 0 Å². The number of carbonyl (C=O) groups excluding carboxylic acids is 2. The Morgan fingerprint density at radius 1 is 1.15 bits per heavy atom. The van der Waals surface area contributed by atoms with E-state index < -0.39 is 52.7 Å². The Morgan fingerprint density at radius 2 is 1.85 bits per heavy atom. The molecule has 1 heterocycles. The SMILES string of the molecule is C[C@@H](O)[C@H](NC(=O)c1ccc(C#CC#CC2=CC=[CH][Y]=[CH]2)cc1)C(=O)NO. The van der Waals surface area contributed by atoms with Crippen molar-refractivity contribution in [2.24, 2.45) is 0 Å². The van der Waals surface area contributed by atoms with Crippen molar-refractivity contribution in [2.45, 2.75) is 19.1 Å². The molecule has 134 valence electrons. The Bertz CT molecular complexity index is 923. The monoisotopic (exact) mass is 438 g/mol. The quantitative estimate of drug-likeness (QED) is 0.310. The molecular formula is C20H17N2O4Y. The molecule has 0 bridgehead atoms. The van der Waals surface area contributed by atoms with E-state index in [1.807, 2.05) is 12.2 Å². The van der Waals surface area contributed by atoms with Crippen molar-refractivity contribution in [3.05, 3.63) is 56.0 Å². The topological polar surface area (TPSA) is 98.7 Å². The van der Waals surface area contributed by atoms with E-state index in [9.17, 15) is 14.7 Å². The summed E-state index contributed by atoms with van der Waals surface area (Å²) < 4.78 is 4.43. The summed E-state index contributed by atoms with van der Waals surface area (Å²) in [6.45, 7) is 1.33. The van der Waals surface area contributed by atoms with Crippen LogP contribution in [0.5, 0.6) is 0 Å². The zero-order chi connectivity index (χ0) is 19.6. The predicted octanol–water partition coefficient (Wildman–Crippen LogP) is 0.364. The molecule has 1 aromatic rings. The Kier molecular flexibility index (Phi) is 8.32. The van der Waals surface area contributed by atoms with Crippen molar-refractivity contribution in [3.8, 4) is 23.7 Å². The van der Waals surface area contributed by atoms with Crippen LogP contribution in [0, 0.1) is 23.7 Å². The van der Waals surface area contributed by atoms with Gasteiger partial charge < -0.3 is 5.11 Å². The van der Waals surface area contributed by atoms with Crippen LogP contribution in [-0.4, -0.2) is 37.1 Å². The van der Waals surface area contributed by atoms with Crippen LogP contribution in [0.2, 0.25) is 0 Å².